The highest BCUT2D eigenvalue weighted by Crippen LogP contribution is 2.38. The van der Waals surface area contributed by atoms with Crippen LogP contribution in [0.2, 0.25) is 0 Å². The Bertz CT molecular complexity index is 1200. The molecule has 1 fully saturated rings. The summed E-state index contributed by atoms with van der Waals surface area (Å²) < 4.78 is 115. The van der Waals surface area contributed by atoms with Crippen molar-refractivity contribution in [2.75, 3.05) is 13.2 Å². The minimum atomic E-state index is -4.51. The molecule has 0 aromatic heterocycles. The molecule has 0 bridgehead atoms. The molecule has 1 aliphatic heterocycles. The molecule has 10 heteroatoms. The minimum Gasteiger partial charge on any atom is -0.429 e. The molecule has 0 saturated carbocycles. The molecule has 0 unspecified atom stereocenters. The third-order valence-electron chi connectivity index (χ3n) is 5.59. The lowest BCUT2D eigenvalue weighted by Crippen LogP contribution is -2.28. The Balaban J connectivity index is 1.56. The van der Waals surface area contributed by atoms with Crippen LogP contribution in [0, 0.1) is 35.0 Å². The van der Waals surface area contributed by atoms with Crippen LogP contribution in [0.4, 0.5) is 30.7 Å². The zero-order valence-corrected chi connectivity index (χ0v) is 18.3. The molecule has 3 aromatic rings. The van der Waals surface area contributed by atoms with Gasteiger partial charge in [-0.05, 0) is 48.4 Å². The van der Waals surface area contributed by atoms with Gasteiger partial charge in [0.1, 0.15) is 28.8 Å². The number of hydrogen-bond donors (Lipinski definition) is 0. The van der Waals surface area contributed by atoms with E-state index < -0.39 is 52.8 Å². The van der Waals surface area contributed by atoms with Crippen molar-refractivity contribution >= 4 is 0 Å². The minimum absolute atomic E-state index is 0.0511. The highest BCUT2D eigenvalue weighted by atomic mass is 19.3. The number of benzene rings is 3. The van der Waals surface area contributed by atoms with Gasteiger partial charge in [0, 0.05) is 23.1 Å². The van der Waals surface area contributed by atoms with Crippen LogP contribution in [0.5, 0.6) is 5.75 Å². The Hall–Kier alpha value is -3.11. The van der Waals surface area contributed by atoms with Gasteiger partial charge in [-0.3, -0.25) is 0 Å². The van der Waals surface area contributed by atoms with Gasteiger partial charge in [-0.15, -0.1) is 0 Å². The average Bonchev–Trinajstić information content (AvgIpc) is 2.80. The quantitative estimate of drug-likeness (QED) is 0.334. The molecule has 1 aliphatic rings. The highest BCUT2D eigenvalue weighted by molar-refractivity contribution is 5.65. The lowest BCUT2D eigenvalue weighted by Gasteiger charge is -2.29. The fourth-order valence-corrected chi connectivity index (χ4v) is 3.63. The molecular weight excluding hydrogens is 481 g/mol. The normalized spacial score (nSPS) is 18.5. The van der Waals surface area contributed by atoms with Crippen molar-refractivity contribution in [2.45, 2.75) is 25.7 Å². The Kier molecular flexibility index (Phi) is 7.05. The Morgan fingerprint density at radius 1 is 0.800 bits per heavy atom. The van der Waals surface area contributed by atoms with Crippen LogP contribution in [0.1, 0.15) is 30.8 Å². The predicted molar refractivity (Wildman–Crippen MR) is 111 cm³/mol. The van der Waals surface area contributed by atoms with Crippen molar-refractivity contribution < 1.29 is 44.9 Å². The molecule has 1 heterocycles. The van der Waals surface area contributed by atoms with Crippen LogP contribution in [0.25, 0.3) is 11.1 Å². The molecular formula is C25H19F7O3. The summed E-state index contributed by atoms with van der Waals surface area (Å²) in [6, 6.07) is 6.39. The maximum atomic E-state index is 14.7. The van der Waals surface area contributed by atoms with E-state index in [2.05, 4.69) is 4.74 Å². The van der Waals surface area contributed by atoms with E-state index >= 15 is 0 Å². The van der Waals surface area contributed by atoms with E-state index in [1.807, 2.05) is 6.92 Å². The van der Waals surface area contributed by atoms with Crippen LogP contribution >= 0.6 is 0 Å². The molecule has 3 nitrogen and oxygen atoms in total. The fraction of sp³-hybridized carbons (Fsp3) is 0.280. The van der Waals surface area contributed by atoms with Crippen LogP contribution in [-0.4, -0.2) is 13.2 Å². The Labute approximate surface area is 196 Å². The topological polar surface area (TPSA) is 27.7 Å². The summed E-state index contributed by atoms with van der Waals surface area (Å²) in [6.07, 6.45) is -4.84. The van der Waals surface area contributed by atoms with Gasteiger partial charge < -0.3 is 14.2 Å². The monoisotopic (exact) mass is 500 g/mol. The van der Waals surface area contributed by atoms with Crippen LogP contribution in [0.3, 0.4) is 0 Å². The van der Waals surface area contributed by atoms with Gasteiger partial charge in [0.15, 0.2) is 17.9 Å². The molecule has 0 N–H and O–H groups in total. The first-order chi connectivity index (χ1) is 16.6. The Morgan fingerprint density at radius 2 is 1.46 bits per heavy atom. The summed E-state index contributed by atoms with van der Waals surface area (Å²) in [6.45, 7) is 2.51. The molecule has 0 radical (unpaired) electrons. The van der Waals surface area contributed by atoms with Crippen molar-refractivity contribution in [2.24, 2.45) is 5.92 Å². The molecule has 0 spiro atoms. The molecule has 0 amide bonds. The Morgan fingerprint density at radius 3 is 2.03 bits per heavy atom. The number of alkyl halides is 2. The molecule has 0 atom stereocenters. The first kappa shape index (κ1) is 25.0. The van der Waals surface area contributed by atoms with Crippen molar-refractivity contribution in [1.82, 2.24) is 0 Å². The molecule has 3 aromatic carbocycles. The van der Waals surface area contributed by atoms with Gasteiger partial charge in [0.25, 0.3) is 0 Å². The van der Waals surface area contributed by atoms with Crippen molar-refractivity contribution in [3.05, 3.63) is 88.7 Å². The van der Waals surface area contributed by atoms with E-state index in [0.717, 1.165) is 36.8 Å². The summed E-state index contributed by atoms with van der Waals surface area (Å²) in [5, 5.41) is 0. The van der Waals surface area contributed by atoms with E-state index in [1.165, 1.54) is 0 Å². The summed E-state index contributed by atoms with van der Waals surface area (Å²) in [5.41, 5.74) is -2.06. The van der Waals surface area contributed by atoms with E-state index in [0.29, 0.717) is 18.2 Å². The van der Waals surface area contributed by atoms with Gasteiger partial charge in [0.2, 0.25) is 0 Å². The van der Waals surface area contributed by atoms with Crippen molar-refractivity contribution in [1.29, 1.82) is 0 Å². The zero-order chi connectivity index (χ0) is 25.3. The summed E-state index contributed by atoms with van der Waals surface area (Å²) in [7, 11) is 0. The average molecular weight is 500 g/mol. The van der Waals surface area contributed by atoms with Crippen LogP contribution in [-0.2, 0) is 15.6 Å². The van der Waals surface area contributed by atoms with E-state index in [9.17, 15) is 30.7 Å². The van der Waals surface area contributed by atoms with Gasteiger partial charge in [-0.2, -0.15) is 8.78 Å². The maximum absolute atomic E-state index is 14.7. The van der Waals surface area contributed by atoms with E-state index in [4.69, 9.17) is 9.47 Å². The van der Waals surface area contributed by atoms with Crippen molar-refractivity contribution in [3.63, 3.8) is 0 Å². The second-order valence-corrected chi connectivity index (χ2v) is 8.02. The third kappa shape index (κ3) is 5.28. The maximum Gasteiger partial charge on any atom is 0.432 e. The summed E-state index contributed by atoms with van der Waals surface area (Å²) in [5.74, 6) is -7.30. The predicted octanol–water partition coefficient (Wildman–Crippen LogP) is 7.25. The molecule has 186 valence electrons. The van der Waals surface area contributed by atoms with Gasteiger partial charge in [-0.1, -0.05) is 13.0 Å². The first-order valence-electron chi connectivity index (χ1n) is 10.6. The van der Waals surface area contributed by atoms with Gasteiger partial charge in [-0.25, -0.2) is 22.0 Å². The van der Waals surface area contributed by atoms with E-state index in [-0.39, 0.29) is 35.8 Å². The van der Waals surface area contributed by atoms with E-state index in [1.54, 1.807) is 0 Å². The number of hydrogen-bond acceptors (Lipinski definition) is 3. The molecule has 35 heavy (non-hydrogen) atoms. The van der Waals surface area contributed by atoms with Crippen LogP contribution < -0.4 is 4.74 Å². The van der Waals surface area contributed by atoms with Crippen molar-refractivity contribution in [3.8, 4) is 16.9 Å². The second kappa shape index (κ2) is 9.87. The lowest BCUT2D eigenvalue weighted by atomic mass is 10.0. The number of rotatable bonds is 6. The molecule has 1 saturated heterocycles. The number of halogens is 7. The second-order valence-electron chi connectivity index (χ2n) is 8.02. The standard InChI is InChI=1S/C25H19F7O3/c1-2-13-11-33-24(34-12-13)15-8-21(29)23(22(30)9-15)25(31,32)35-16-4-5-17(19(27)10-16)14-3-6-18(26)20(28)7-14/h3-10,13,24H,2,11-12H2,1H3. The lowest BCUT2D eigenvalue weighted by molar-refractivity contribution is -0.206. The largest absolute Gasteiger partial charge is 0.432 e. The fourth-order valence-electron chi connectivity index (χ4n) is 3.63. The smallest absolute Gasteiger partial charge is 0.429 e. The number of ether oxygens (including phenoxy) is 3. The van der Waals surface area contributed by atoms with Gasteiger partial charge in [0.05, 0.1) is 13.2 Å². The summed E-state index contributed by atoms with van der Waals surface area (Å²) in [4.78, 5) is 0. The zero-order valence-electron chi connectivity index (χ0n) is 18.3. The molecule has 4 rings (SSSR count). The highest BCUT2D eigenvalue weighted by Gasteiger charge is 2.42. The SMILES string of the molecule is CCC1COC(c2cc(F)c(C(F)(F)Oc3ccc(-c4ccc(F)c(F)c4)c(F)c3)c(F)c2)OC1. The first-order valence-corrected chi connectivity index (χ1v) is 10.6. The third-order valence-corrected chi connectivity index (χ3v) is 5.59. The molecule has 0 aliphatic carbocycles. The van der Waals surface area contributed by atoms with Crippen LogP contribution in [0.15, 0.2) is 48.5 Å². The van der Waals surface area contributed by atoms with Gasteiger partial charge >= 0.3 is 6.11 Å². The summed E-state index contributed by atoms with van der Waals surface area (Å²) >= 11 is 0.